The largest absolute Gasteiger partial charge is 0.359 e. The number of urea groups is 1. The molecule has 4 unspecified atom stereocenters. The predicted octanol–water partition coefficient (Wildman–Crippen LogP) is 2.29. The minimum atomic E-state index is -0.813. The van der Waals surface area contributed by atoms with Crippen molar-refractivity contribution in [3.05, 3.63) is 24.0 Å². The number of ketones is 1. The quantitative estimate of drug-likeness (QED) is 0.680. The van der Waals surface area contributed by atoms with Gasteiger partial charge in [-0.3, -0.25) is 14.5 Å². The molecule has 0 radical (unpaired) electrons. The molecule has 1 N–H and O–H groups in total. The molecule has 2 bridgehead atoms. The van der Waals surface area contributed by atoms with Crippen molar-refractivity contribution in [3.63, 3.8) is 0 Å². The summed E-state index contributed by atoms with van der Waals surface area (Å²) in [4.78, 5) is 43.7. The molecule has 1 aromatic rings. The van der Waals surface area contributed by atoms with Crippen LogP contribution in [0.4, 0.5) is 4.79 Å². The summed E-state index contributed by atoms with van der Waals surface area (Å²) >= 11 is 0. The molecule has 1 aromatic heterocycles. The highest BCUT2D eigenvalue weighted by molar-refractivity contribution is 6.10. The summed E-state index contributed by atoms with van der Waals surface area (Å²) in [5, 5.41) is 0. The number of rotatable bonds is 4. The van der Waals surface area contributed by atoms with Crippen molar-refractivity contribution in [2.24, 2.45) is 17.8 Å². The lowest BCUT2D eigenvalue weighted by atomic mass is 9.74. The van der Waals surface area contributed by atoms with E-state index in [1.165, 1.54) is 12.8 Å². The number of amides is 3. The van der Waals surface area contributed by atoms with E-state index >= 15 is 0 Å². The Labute approximate surface area is 141 Å². The monoisotopic (exact) mass is 329 g/mol. The van der Waals surface area contributed by atoms with Gasteiger partial charge in [-0.1, -0.05) is 6.42 Å². The van der Waals surface area contributed by atoms with Gasteiger partial charge in [-0.2, -0.15) is 0 Å². The van der Waals surface area contributed by atoms with E-state index in [9.17, 15) is 14.4 Å². The molecule has 0 aromatic carbocycles. The summed E-state index contributed by atoms with van der Waals surface area (Å²) in [7, 11) is 1.70. The Hall–Kier alpha value is -2.11. The number of fused-ring (bicyclic) bond motifs is 2. The minimum absolute atomic E-state index is 0.196. The zero-order chi connectivity index (χ0) is 17.1. The second-order valence-corrected chi connectivity index (χ2v) is 7.67. The minimum Gasteiger partial charge on any atom is -0.359 e. The van der Waals surface area contributed by atoms with Crippen molar-refractivity contribution in [3.8, 4) is 0 Å². The van der Waals surface area contributed by atoms with Crippen LogP contribution in [0.3, 0.4) is 0 Å². The smallest absolute Gasteiger partial charge is 0.327 e. The Morgan fingerprint density at radius 2 is 2.12 bits per heavy atom. The average molecular weight is 329 g/mol. The molecule has 128 valence electrons. The number of hydrogen-bond acceptors (Lipinski definition) is 3. The fourth-order valence-corrected chi connectivity index (χ4v) is 5.10. The Morgan fingerprint density at radius 3 is 2.71 bits per heavy atom. The number of likely N-dealkylation sites (N-methyl/N-ethyl adjacent to an activating group) is 1. The summed E-state index contributed by atoms with van der Waals surface area (Å²) < 4.78 is 0. The van der Waals surface area contributed by atoms with Crippen LogP contribution in [0, 0.1) is 17.8 Å². The summed E-state index contributed by atoms with van der Waals surface area (Å²) in [6.07, 6.45) is 6.26. The topological polar surface area (TPSA) is 73.5 Å². The number of Topliss-reactive ketones (excluding diaryl/α,β-unsaturated/α-hetero) is 1. The molecule has 2 heterocycles. The maximum Gasteiger partial charge on any atom is 0.327 e. The summed E-state index contributed by atoms with van der Waals surface area (Å²) in [5.41, 5.74) is -0.390. The van der Waals surface area contributed by atoms with E-state index in [2.05, 4.69) is 4.98 Å². The van der Waals surface area contributed by atoms with Crippen LogP contribution >= 0.6 is 0 Å². The van der Waals surface area contributed by atoms with E-state index in [4.69, 9.17) is 0 Å². The van der Waals surface area contributed by atoms with Crippen molar-refractivity contribution in [1.82, 2.24) is 14.8 Å². The molecule has 1 aliphatic heterocycles. The molecule has 2 aliphatic carbocycles. The number of nitrogens with zero attached hydrogens (tertiary/aromatic N) is 2. The first-order chi connectivity index (χ1) is 11.4. The Morgan fingerprint density at radius 1 is 1.33 bits per heavy atom. The first-order valence-corrected chi connectivity index (χ1v) is 8.69. The lowest BCUT2D eigenvalue weighted by molar-refractivity contribution is -0.135. The van der Waals surface area contributed by atoms with Gasteiger partial charge in [-0.15, -0.1) is 0 Å². The van der Waals surface area contributed by atoms with Crippen molar-refractivity contribution < 1.29 is 14.4 Å². The van der Waals surface area contributed by atoms with Crippen molar-refractivity contribution in [2.75, 3.05) is 13.6 Å². The van der Waals surface area contributed by atoms with Crippen LogP contribution in [0.15, 0.2) is 18.3 Å². The molecule has 3 amide bonds. The molecular formula is C18H23N3O3. The van der Waals surface area contributed by atoms with Crippen LogP contribution in [0.5, 0.6) is 0 Å². The van der Waals surface area contributed by atoms with Gasteiger partial charge < -0.3 is 9.88 Å². The maximum absolute atomic E-state index is 13.1. The Kier molecular flexibility index (Phi) is 3.34. The van der Waals surface area contributed by atoms with Crippen LogP contribution in [-0.4, -0.2) is 51.6 Å². The van der Waals surface area contributed by atoms with E-state index in [-0.39, 0.29) is 30.2 Å². The molecule has 3 aliphatic rings. The van der Waals surface area contributed by atoms with Gasteiger partial charge in [-0.05, 0) is 56.1 Å². The number of imide groups is 1. The van der Waals surface area contributed by atoms with E-state index in [1.807, 2.05) is 6.92 Å². The fraction of sp³-hybridized carbons (Fsp3) is 0.611. The van der Waals surface area contributed by atoms with Crippen LogP contribution in [0.25, 0.3) is 0 Å². The first-order valence-electron chi connectivity index (χ1n) is 8.69. The molecule has 24 heavy (non-hydrogen) atoms. The predicted molar refractivity (Wildman–Crippen MR) is 87.3 cm³/mol. The van der Waals surface area contributed by atoms with Crippen molar-refractivity contribution in [1.29, 1.82) is 0 Å². The van der Waals surface area contributed by atoms with Gasteiger partial charge in [0.2, 0.25) is 0 Å². The van der Waals surface area contributed by atoms with Crippen molar-refractivity contribution >= 4 is 17.7 Å². The van der Waals surface area contributed by atoms with Gasteiger partial charge in [0.05, 0.1) is 12.2 Å². The van der Waals surface area contributed by atoms with Crippen LogP contribution < -0.4 is 0 Å². The maximum atomic E-state index is 13.1. The number of H-pyrrole nitrogens is 1. The Bertz CT molecular complexity index is 698. The molecule has 4 rings (SSSR count). The van der Waals surface area contributed by atoms with Gasteiger partial charge in [0.1, 0.15) is 5.54 Å². The summed E-state index contributed by atoms with van der Waals surface area (Å²) in [5.74, 6) is 0.976. The van der Waals surface area contributed by atoms with Crippen LogP contribution in [0.2, 0.25) is 0 Å². The third-order valence-electron chi connectivity index (χ3n) is 6.55. The van der Waals surface area contributed by atoms with Gasteiger partial charge in [0.15, 0.2) is 5.78 Å². The van der Waals surface area contributed by atoms with E-state index < -0.39 is 5.54 Å². The second kappa shape index (κ2) is 5.19. The summed E-state index contributed by atoms with van der Waals surface area (Å²) in [6.45, 7) is 1.69. The number of hydrogen-bond donors (Lipinski definition) is 1. The lowest BCUT2D eigenvalue weighted by Crippen LogP contribution is -2.53. The highest BCUT2D eigenvalue weighted by Crippen LogP contribution is 2.54. The molecule has 6 nitrogen and oxygen atoms in total. The third kappa shape index (κ3) is 1.98. The molecule has 1 saturated heterocycles. The number of aromatic amines is 1. The van der Waals surface area contributed by atoms with Gasteiger partial charge >= 0.3 is 6.03 Å². The lowest BCUT2D eigenvalue weighted by Gasteiger charge is -2.39. The van der Waals surface area contributed by atoms with E-state index in [1.54, 1.807) is 30.3 Å². The third-order valence-corrected chi connectivity index (χ3v) is 6.55. The van der Waals surface area contributed by atoms with Gasteiger partial charge in [0, 0.05) is 13.2 Å². The highest BCUT2D eigenvalue weighted by Gasteiger charge is 2.61. The molecule has 0 spiro atoms. The average Bonchev–Trinajstić information content (AvgIpc) is 3.35. The standard InChI is InChI=1S/C18H23N3O3/c1-18(13-9-11-5-6-12(13)8-11)16(23)21(17(24)20(18)2)10-15(22)14-4-3-7-19-14/h3-4,7,11-13,19H,5-6,8-10H2,1-2H3. The van der Waals surface area contributed by atoms with Gasteiger partial charge in [0.25, 0.3) is 5.91 Å². The zero-order valence-corrected chi connectivity index (χ0v) is 14.1. The van der Waals surface area contributed by atoms with Crippen LogP contribution in [-0.2, 0) is 4.79 Å². The second-order valence-electron chi connectivity index (χ2n) is 7.67. The number of carbonyl (C=O) groups is 3. The summed E-state index contributed by atoms with van der Waals surface area (Å²) in [6, 6.07) is 3.03. The molecular weight excluding hydrogens is 306 g/mol. The normalized spacial score (nSPS) is 35.3. The van der Waals surface area contributed by atoms with Crippen LogP contribution in [0.1, 0.15) is 43.1 Å². The Balaban J connectivity index is 1.58. The van der Waals surface area contributed by atoms with Gasteiger partial charge in [-0.25, -0.2) is 4.79 Å². The number of nitrogens with one attached hydrogen (secondary N) is 1. The molecule has 3 fully saturated rings. The first kappa shape index (κ1) is 15.4. The number of aromatic nitrogens is 1. The van der Waals surface area contributed by atoms with E-state index in [0.717, 1.165) is 17.7 Å². The van der Waals surface area contributed by atoms with Crippen molar-refractivity contribution in [2.45, 2.75) is 38.1 Å². The molecule has 2 saturated carbocycles. The zero-order valence-electron chi connectivity index (χ0n) is 14.1. The fourth-order valence-electron chi connectivity index (χ4n) is 5.10. The highest BCUT2D eigenvalue weighted by atomic mass is 16.2. The molecule has 6 heteroatoms. The molecule has 4 atom stereocenters. The number of carbonyl (C=O) groups excluding carboxylic acids is 3. The van der Waals surface area contributed by atoms with E-state index in [0.29, 0.717) is 17.5 Å². The SMILES string of the molecule is CN1C(=O)N(CC(=O)c2ccc[nH]2)C(=O)C1(C)C1CC2CCC1C2.